The van der Waals surface area contributed by atoms with Crippen LogP contribution in [0.5, 0.6) is 5.75 Å². The minimum absolute atomic E-state index is 0.00230. The van der Waals surface area contributed by atoms with Crippen molar-refractivity contribution in [1.82, 2.24) is 9.80 Å². The highest BCUT2D eigenvalue weighted by Gasteiger charge is 2.24. The average molecular weight is 375 g/mol. The molecule has 1 aromatic heterocycles. The van der Waals surface area contributed by atoms with Crippen LogP contribution in [0.15, 0.2) is 36.4 Å². The Balaban J connectivity index is 1.51. The number of rotatable bonds is 6. The molecule has 1 aliphatic rings. The summed E-state index contributed by atoms with van der Waals surface area (Å²) in [5.74, 6) is 0.750. The maximum atomic E-state index is 12.5. The van der Waals surface area contributed by atoms with Gasteiger partial charge in [0.05, 0.1) is 16.4 Å². The second-order valence-electron chi connectivity index (χ2n) is 6.04. The Hall–Kier alpha value is -2.45. The van der Waals surface area contributed by atoms with Crippen LogP contribution in [0, 0.1) is 10.1 Å². The van der Waals surface area contributed by atoms with Gasteiger partial charge in [-0.3, -0.25) is 19.8 Å². The number of carbonyl (C=O) groups is 1. The Bertz CT molecular complexity index is 767. The van der Waals surface area contributed by atoms with Gasteiger partial charge in [0.25, 0.3) is 5.91 Å². The van der Waals surface area contributed by atoms with Crippen molar-refractivity contribution in [3.05, 3.63) is 57.0 Å². The van der Waals surface area contributed by atoms with E-state index in [0.29, 0.717) is 24.6 Å². The van der Waals surface area contributed by atoms with Crippen LogP contribution in [0.4, 0.5) is 5.00 Å². The van der Waals surface area contributed by atoms with Gasteiger partial charge in [-0.2, -0.15) is 0 Å². The molecule has 1 aliphatic heterocycles. The first-order valence-corrected chi connectivity index (χ1v) is 9.36. The molecular weight excluding hydrogens is 354 g/mol. The number of ether oxygens (including phenoxy) is 1. The molecule has 1 aromatic carbocycles. The SMILES string of the molecule is CCOc1ccc(CN2CCN(C(=O)c3ccc([N+](=O)[O-])s3)CC2)cc1. The van der Waals surface area contributed by atoms with Gasteiger partial charge in [-0.1, -0.05) is 23.5 Å². The molecule has 1 saturated heterocycles. The summed E-state index contributed by atoms with van der Waals surface area (Å²) < 4.78 is 5.45. The van der Waals surface area contributed by atoms with Gasteiger partial charge in [-0.15, -0.1) is 0 Å². The van der Waals surface area contributed by atoms with Crippen molar-refractivity contribution in [1.29, 1.82) is 0 Å². The summed E-state index contributed by atoms with van der Waals surface area (Å²) in [4.78, 5) is 27.3. The van der Waals surface area contributed by atoms with Crippen molar-refractivity contribution in [3.8, 4) is 5.75 Å². The topological polar surface area (TPSA) is 75.9 Å². The van der Waals surface area contributed by atoms with E-state index in [0.717, 1.165) is 36.7 Å². The molecule has 0 bridgehead atoms. The quantitative estimate of drug-likeness (QED) is 0.573. The number of carbonyl (C=O) groups excluding carboxylic acids is 1. The summed E-state index contributed by atoms with van der Waals surface area (Å²) >= 11 is 0.936. The van der Waals surface area contributed by atoms with Crippen LogP contribution >= 0.6 is 11.3 Å². The molecule has 0 aliphatic carbocycles. The Morgan fingerprint density at radius 2 is 1.85 bits per heavy atom. The van der Waals surface area contributed by atoms with Crippen LogP contribution < -0.4 is 4.74 Å². The van der Waals surface area contributed by atoms with E-state index in [-0.39, 0.29) is 10.9 Å². The molecule has 26 heavy (non-hydrogen) atoms. The smallest absolute Gasteiger partial charge is 0.324 e. The molecule has 0 spiro atoms. The number of benzene rings is 1. The third kappa shape index (κ3) is 4.39. The summed E-state index contributed by atoms with van der Waals surface area (Å²) in [6.45, 7) is 6.27. The third-order valence-electron chi connectivity index (χ3n) is 4.28. The van der Waals surface area contributed by atoms with E-state index in [1.807, 2.05) is 19.1 Å². The van der Waals surface area contributed by atoms with Gasteiger partial charge in [0.15, 0.2) is 0 Å². The van der Waals surface area contributed by atoms with Crippen molar-refractivity contribution in [2.45, 2.75) is 13.5 Å². The molecule has 0 atom stereocenters. The Morgan fingerprint density at radius 1 is 1.15 bits per heavy atom. The Kier molecular flexibility index (Phi) is 5.85. The van der Waals surface area contributed by atoms with Gasteiger partial charge in [0.1, 0.15) is 5.75 Å². The number of hydrogen-bond acceptors (Lipinski definition) is 6. The lowest BCUT2D eigenvalue weighted by atomic mass is 10.2. The molecule has 1 amide bonds. The van der Waals surface area contributed by atoms with E-state index in [4.69, 9.17) is 4.74 Å². The highest BCUT2D eigenvalue weighted by Crippen LogP contribution is 2.25. The summed E-state index contributed by atoms with van der Waals surface area (Å²) in [6, 6.07) is 11.0. The predicted molar refractivity (Wildman–Crippen MR) is 99.8 cm³/mol. The van der Waals surface area contributed by atoms with E-state index >= 15 is 0 Å². The first kappa shape index (κ1) is 18.3. The molecule has 3 rings (SSSR count). The van der Waals surface area contributed by atoms with Crippen molar-refractivity contribution in [2.75, 3.05) is 32.8 Å². The number of amides is 1. The molecule has 8 heteroatoms. The molecule has 0 radical (unpaired) electrons. The molecular formula is C18H21N3O4S. The van der Waals surface area contributed by atoms with E-state index in [2.05, 4.69) is 17.0 Å². The molecule has 2 aromatic rings. The lowest BCUT2D eigenvalue weighted by Crippen LogP contribution is -2.48. The molecule has 0 unspecified atom stereocenters. The highest BCUT2D eigenvalue weighted by atomic mass is 32.1. The fourth-order valence-electron chi connectivity index (χ4n) is 2.92. The van der Waals surface area contributed by atoms with Crippen molar-refractivity contribution in [2.24, 2.45) is 0 Å². The van der Waals surface area contributed by atoms with Crippen LogP contribution in [0.1, 0.15) is 22.2 Å². The summed E-state index contributed by atoms with van der Waals surface area (Å²) in [7, 11) is 0. The van der Waals surface area contributed by atoms with E-state index in [1.165, 1.54) is 17.7 Å². The fourth-order valence-corrected chi connectivity index (χ4v) is 3.71. The Morgan fingerprint density at radius 3 is 2.42 bits per heavy atom. The second-order valence-corrected chi connectivity index (χ2v) is 7.10. The second kappa shape index (κ2) is 8.29. The summed E-state index contributed by atoms with van der Waals surface area (Å²) in [5, 5.41) is 10.8. The zero-order valence-electron chi connectivity index (χ0n) is 14.6. The predicted octanol–water partition coefficient (Wildman–Crippen LogP) is 3.01. The lowest BCUT2D eigenvalue weighted by molar-refractivity contribution is -0.380. The molecule has 0 N–H and O–H groups in total. The first-order chi connectivity index (χ1) is 12.6. The maximum absolute atomic E-state index is 12.5. The van der Waals surface area contributed by atoms with Gasteiger partial charge < -0.3 is 9.64 Å². The fraction of sp³-hybridized carbons (Fsp3) is 0.389. The monoisotopic (exact) mass is 375 g/mol. The minimum Gasteiger partial charge on any atom is -0.494 e. The molecule has 0 saturated carbocycles. The highest BCUT2D eigenvalue weighted by molar-refractivity contribution is 7.17. The van der Waals surface area contributed by atoms with Gasteiger partial charge in [0, 0.05) is 38.8 Å². The molecule has 2 heterocycles. The number of piperazine rings is 1. The maximum Gasteiger partial charge on any atom is 0.324 e. The molecule has 7 nitrogen and oxygen atoms in total. The van der Waals surface area contributed by atoms with Crippen molar-refractivity contribution >= 4 is 22.2 Å². The number of nitro groups is 1. The largest absolute Gasteiger partial charge is 0.494 e. The van der Waals surface area contributed by atoms with Gasteiger partial charge in [0.2, 0.25) is 0 Å². The number of nitrogens with zero attached hydrogens (tertiary/aromatic N) is 3. The Labute approximate surface area is 155 Å². The van der Waals surface area contributed by atoms with Crippen molar-refractivity contribution < 1.29 is 14.5 Å². The van der Waals surface area contributed by atoms with Crippen LogP contribution in [0.3, 0.4) is 0 Å². The van der Waals surface area contributed by atoms with Gasteiger partial charge in [-0.05, 0) is 30.7 Å². The van der Waals surface area contributed by atoms with E-state index in [9.17, 15) is 14.9 Å². The van der Waals surface area contributed by atoms with Crippen LogP contribution in [0.25, 0.3) is 0 Å². The van der Waals surface area contributed by atoms with E-state index < -0.39 is 4.92 Å². The zero-order valence-corrected chi connectivity index (χ0v) is 15.4. The minimum atomic E-state index is -0.462. The first-order valence-electron chi connectivity index (χ1n) is 8.54. The molecule has 1 fully saturated rings. The van der Waals surface area contributed by atoms with Crippen LogP contribution in [-0.2, 0) is 6.54 Å². The zero-order chi connectivity index (χ0) is 18.5. The van der Waals surface area contributed by atoms with Gasteiger partial charge in [-0.25, -0.2) is 0 Å². The third-order valence-corrected chi connectivity index (χ3v) is 5.31. The van der Waals surface area contributed by atoms with E-state index in [1.54, 1.807) is 4.90 Å². The van der Waals surface area contributed by atoms with Crippen LogP contribution in [0.2, 0.25) is 0 Å². The number of thiophene rings is 1. The number of hydrogen-bond donors (Lipinski definition) is 0. The lowest BCUT2D eigenvalue weighted by Gasteiger charge is -2.34. The van der Waals surface area contributed by atoms with Crippen molar-refractivity contribution in [3.63, 3.8) is 0 Å². The summed E-state index contributed by atoms with van der Waals surface area (Å²) in [6.07, 6.45) is 0. The normalized spacial score (nSPS) is 15.0. The summed E-state index contributed by atoms with van der Waals surface area (Å²) in [5.41, 5.74) is 1.21. The standard InChI is InChI=1S/C18H21N3O4S/c1-2-25-15-5-3-14(4-6-15)13-19-9-11-20(12-10-19)18(22)16-7-8-17(26-16)21(23)24/h3-8H,2,9-13H2,1H3. The molecule has 138 valence electrons. The van der Waals surface area contributed by atoms with Gasteiger partial charge >= 0.3 is 5.00 Å². The van der Waals surface area contributed by atoms with Crippen LogP contribution in [-0.4, -0.2) is 53.4 Å². The average Bonchev–Trinajstić information content (AvgIpc) is 3.14.